The number of nitrogen functional groups attached to an aromatic ring is 1. The number of aromatic nitrogens is 1. The minimum atomic E-state index is 0.346. The molecule has 1 aromatic carbocycles. The maximum absolute atomic E-state index is 5.99. The summed E-state index contributed by atoms with van der Waals surface area (Å²) in [5.74, 6) is 0.346. The number of hydrogen-bond donors (Lipinski definition) is 1. The van der Waals surface area contributed by atoms with Gasteiger partial charge in [-0.05, 0) is 18.6 Å². The van der Waals surface area contributed by atoms with Gasteiger partial charge in [0.1, 0.15) is 0 Å². The van der Waals surface area contributed by atoms with Crippen LogP contribution >= 0.6 is 11.6 Å². The first kappa shape index (κ1) is 7.43. The maximum atomic E-state index is 5.99. The van der Waals surface area contributed by atoms with Crippen molar-refractivity contribution in [2.45, 2.75) is 6.92 Å². The van der Waals surface area contributed by atoms with Gasteiger partial charge in [-0.1, -0.05) is 22.8 Å². The van der Waals surface area contributed by atoms with E-state index in [1.54, 1.807) is 6.07 Å². The van der Waals surface area contributed by atoms with Crippen LogP contribution in [-0.4, -0.2) is 5.16 Å². The highest BCUT2D eigenvalue weighted by atomic mass is 35.5. The zero-order chi connectivity index (χ0) is 8.72. The predicted octanol–water partition coefficient (Wildman–Crippen LogP) is 2.37. The smallest absolute Gasteiger partial charge is 0.176 e. The van der Waals surface area contributed by atoms with Crippen LogP contribution in [0.1, 0.15) is 5.56 Å². The molecule has 2 N–H and O–H groups in total. The molecule has 0 saturated carbocycles. The van der Waals surface area contributed by atoms with Crippen LogP contribution in [0, 0.1) is 6.92 Å². The number of hydrogen-bond acceptors (Lipinski definition) is 3. The highest BCUT2D eigenvalue weighted by molar-refractivity contribution is 6.37. The van der Waals surface area contributed by atoms with Crippen LogP contribution in [0.25, 0.3) is 11.0 Å². The van der Waals surface area contributed by atoms with E-state index in [4.69, 9.17) is 21.9 Å². The monoisotopic (exact) mass is 182 g/mol. The van der Waals surface area contributed by atoms with Crippen molar-refractivity contribution in [3.05, 3.63) is 22.7 Å². The van der Waals surface area contributed by atoms with E-state index < -0.39 is 0 Å². The van der Waals surface area contributed by atoms with Gasteiger partial charge >= 0.3 is 0 Å². The zero-order valence-corrected chi connectivity index (χ0v) is 7.22. The molecule has 4 heteroatoms. The number of halogens is 1. The summed E-state index contributed by atoms with van der Waals surface area (Å²) in [5.41, 5.74) is 7.16. The number of fused-ring (bicyclic) bond motifs is 1. The predicted molar refractivity (Wildman–Crippen MR) is 48.2 cm³/mol. The third-order valence-corrected chi connectivity index (χ3v) is 2.28. The summed E-state index contributed by atoms with van der Waals surface area (Å²) in [6.07, 6.45) is 0. The fourth-order valence-electron chi connectivity index (χ4n) is 1.12. The number of aryl methyl sites for hydroxylation is 1. The van der Waals surface area contributed by atoms with Crippen LogP contribution in [0.5, 0.6) is 0 Å². The van der Waals surface area contributed by atoms with E-state index in [9.17, 15) is 0 Å². The maximum Gasteiger partial charge on any atom is 0.176 e. The first-order valence-electron chi connectivity index (χ1n) is 3.50. The Balaban J connectivity index is 2.96. The summed E-state index contributed by atoms with van der Waals surface area (Å²) >= 11 is 5.99. The van der Waals surface area contributed by atoms with Crippen molar-refractivity contribution in [3.63, 3.8) is 0 Å². The van der Waals surface area contributed by atoms with Crippen LogP contribution in [-0.2, 0) is 0 Å². The molecule has 0 aliphatic carbocycles. The van der Waals surface area contributed by atoms with Crippen molar-refractivity contribution in [2.75, 3.05) is 5.73 Å². The van der Waals surface area contributed by atoms with E-state index in [2.05, 4.69) is 5.16 Å². The summed E-state index contributed by atoms with van der Waals surface area (Å²) in [4.78, 5) is 0. The fraction of sp³-hybridized carbons (Fsp3) is 0.125. The van der Waals surface area contributed by atoms with Crippen LogP contribution in [0.4, 0.5) is 5.82 Å². The first-order chi connectivity index (χ1) is 5.70. The Bertz CT molecular complexity index is 436. The molecule has 1 aromatic heterocycles. The molecule has 0 amide bonds. The van der Waals surface area contributed by atoms with Crippen molar-refractivity contribution < 1.29 is 4.52 Å². The lowest BCUT2D eigenvalue weighted by Crippen LogP contribution is -1.85. The second kappa shape index (κ2) is 2.38. The Morgan fingerprint density at radius 2 is 2.25 bits per heavy atom. The lowest BCUT2D eigenvalue weighted by Gasteiger charge is -1.96. The molecule has 0 aliphatic rings. The Labute approximate surface area is 74.1 Å². The zero-order valence-electron chi connectivity index (χ0n) is 6.47. The molecule has 0 unspecified atom stereocenters. The number of nitrogens with two attached hydrogens (primary N) is 1. The highest BCUT2D eigenvalue weighted by Crippen LogP contribution is 2.30. The van der Waals surface area contributed by atoms with Crippen molar-refractivity contribution in [3.8, 4) is 0 Å². The minimum absolute atomic E-state index is 0.346. The summed E-state index contributed by atoms with van der Waals surface area (Å²) in [6.45, 7) is 1.91. The van der Waals surface area contributed by atoms with Gasteiger partial charge < -0.3 is 10.3 Å². The average Bonchev–Trinajstić information content (AvgIpc) is 2.41. The third kappa shape index (κ3) is 0.865. The highest BCUT2D eigenvalue weighted by Gasteiger charge is 2.09. The van der Waals surface area contributed by atoms with Crippen LogP contribution in [0.15, 0.2) is 16.7 Å². The van der Waals surface area contributed by atoms with E-state index >= 15 is 0 Å². The Morgan fingerprint density at radius 1 is 1.50 bits per heavy atom. The van der Waals surface area contributed by atoms with Crippen molar-refractivity contribution >= 4 is 28.4 Å². The molecular formula is C8H7ClN2O. The number of nitrogens with zero attached hydrogens (tertiary/aromatic N) is 1. The summed E-state index contributed by atoms with van der Waals surface area (Å²) in [5, 5.41) is 4.94. The molecule has 0 radical (unpaired) electrons. The number of rotatable bonds is 0. The molecule has 0 saturated heterocycles. The van der Waals surface area contributed by atoms with E-state index in [-0.39, 0.29) is 0 Å². The lowest BCUT2D eigenvalue weighted by molar-refractivity contribution is 0.460. The van der Waals surface area contributed by atoms with E-state index in [1.807, 2.05) is 13.0 Å². The van der Waals surface area contributed by atoms with Gasteiger partial charge in [-0.3, -0.25) is 0 Å². The number of anilines is 1. The molecule has 2 rings (SSSR count). The van der Waals surface area contributed by atoms with E-state index in [0.29, 0.717) is 21.8 Å². The second-order valence-corrected chi connectivity index (χ2v) is 3.02. The van der Waals surface area contributed by atoms with Crippen LogP contribution in [0.3, 0.4) is 0 Å². The van der Waals surface area contributed by atoms with Crippen molar-refractivity contribution in [2.24, 2.45) is 0 Å². The van der Waals surface area contributed by atoms with E-state index in [0.717, 1.165) is 5.56 Å². The standard InChI is InChI=1S/C8H7ClN2O/c1-4-2-3-5-6(7(4)9)8(10)11-12-5/h2-3H,1H3,(H2,10,11). The molecular weight excluding hydrogens is 176 g/mol. The van der Waals surface area contributed by atoms with Gasteiger partial charge in [-0.25, -0.2) is 0 Å². The van der Waals surface area contributed by atoms with Crippen molar-refractivity contribution in [1.29, 1.82) is 0 Å². The average molecular weight is 183 g/mol. The molecule has 0 atom stereocenters. The van der Waals surface area contributed by atoms with E-state index in [1.165, 1.54) is 0 Å². The third-order valence-electron chi connectivity index (χ3n) is 1.80. The Hall–Kier alpha value is -1.22. The Kier molecular flexibility index (Phi) is 1.48. The molecule has 3 nitrogen and oxygen atoms in total. The fourth-order valence-corrected chi connectivity index (χ4v) is 1.37. The second-order valence-electron chi connectivity index (χ2n) is 2.64. The normalized spacial score (nSPS) is 10.8. The summed E-state index contributed by atoms with van der Waals surface area (Å²) in [6, 6.07) is 3.68. The SMILES string of the molecule is Cc1ccc2onc(N)c2c1Cl. The van der Waals surface area contributed by atoms with Crippen LogP contribution in [0.2, 0.25) is 5.02 Å². The lowest BCUT2D eigenvalue weighted by atomic mass is 10.2. The summed E-state index contributed by atoms with van der Waals surface area (Å²) < 4.78 is 4.93. The van der Waals surface area contributed by atoms with Gasteiger partial charge in [0.25, 0.3) is 0 Å². The van der Waals surface area contributed by atoms with Gasteiger partial charge in [0.2, 0.25) is 0 Å². The number of benzene rings is 1. The first-order valence-corrected chi connectivity index (χ1v) is 3.88. The topological polar surface area (TPSA) is 52.0 Å². The minimum Gasteiger partial charge on any atom is -0.380 e. The van der Waals surface area contributed by atoms with Gasteiger partial charge in [0.15, 0.2) is 11.4 Å². The quantitative estimate of drug-likeness (QED) is 0.681. The molecule has 0 aliphatic heterocycles. The van der Waals surface area contributed by atoms with Gasteiger partial charge in [0.05, 0.1) is 10.4 Å². The summed E-state index contributed by atoms with van der Waals surface area (Å²) in [7, 11) is 0. The van der Waals surface area contributed by atoms with Crippen molar-refractivity contribution in [1.82, 2.24) is 5.16 Å². The largest absolute Gasteiger partial charge is 0.380 e. The van der Waals surface area contributed by atoms with Gasteiger partial charge in [-0.15, -0.1) is 0 Å². The van der Waals surface area contributed by atoms with Gasteiger partial charge in [0, 0.05) is 0 Å². The molecule has 62 valence electrons. The molecule has 0 bridgehead atoms. The molecule has 0 spiro atoms. The van der Waals surface area contributed by atoms with Crippen LogP contribution < -0.4 is 5.73 Å². The van der Waals surface area contributed by atoms with Gasteiger partial charge in [-0.2, -0.15) is 0 Å². The Morgan fingerprint density at radius 3 is 3.00 bits per heavy atom. The molecule has 2 aromatic rings. The molecule has 12 heavy (non-hydrogen) atoms. The molecule has 1 heterocycles. The molecule has 0 fully saturated rings.